The zero-order valence-electron chi connectivity index (χ0n) is 19.8. The van der Waals surface area contributed by atoms with Crippen LogP contribution in [0.25, 0.3) is 11.1 Å². The summed E-state index contributed by atoms with van der Waals surface area (Å²) in [5, 5.41) is 16.6. The molecule has 0 aliphatic carbocycles. The van der Waals surface area contributed by atoms with Gasteiger partial charge in [-0.1, -0.05) is 64.1 Å². The van der Waals surface area contributed by atoms with E-state index in [1.807, 2.05) is 39.0 Å². The SMILES string of the molecule is CC.CCC#N.COc1ccc(-c2ccc(CN3CCC(C)(CC#N)CC3)cc2)cc1. The van der Waals surface area contributed by atoms with Crippen LogP contribution in [0, 0.1) is 28.1 Å². The summed E-state index contributed by atoms with van der Waals surface area (Å²) in [6.45, 7) is 11.2. The van der Waals surface area contributed by atoms with Gasteiger partial charge >= 0.3 is 0 Å². The lowest BCUT2D eigenvalue weighted by Crippen LogP contribution is -2.38. The molecule has 31 heavy (non-hydrogen) atoms. The topological polar surface area (TPSA) is 60.0 Å². The van der Waals surface area contributed by atoms with Gasteiger partial charge in [0.15, 0.2) is 0 Å². The third kappa shape index (κ3) is 8.83. The summed E-state index contributed by atoms with van der Waals surface area (Å²) in [5.41, 5.74) is 3.99. The van der Waals surface area contributed by atoms with E-state index in [-0.39, 0.29) is 5.41 Å². The van der Waals surface area contributed by atoms with Crippen molar-refractivity contribution < 1.29 is 4.74 Å². The van der Waals surface area contributed by atoms with Crippen LogP contribution in [-0.2, 0) is 6.54 Å². The fourth-order valence-electron chi connectivity index (χ4n) is 3.46. The normalized spacial score (nSPS) is 14.5. The van der Waals surface area contributed by atoms with Crippen LogP contribution in [0.5, 0.6) is 5.75 Å². The Morgan fingerprint density at radius 1 is 0.903 bits per heavy atom. The predicted octanol–water partition coefficient (Wildman–Crippen LogP) is 6.82. The lowest BCUT2D eigenvalue weighted by atomic mass is 9.78. The molecule has 0 atom stereocenters. The maximum atomic E-state index is 8.96. The quantitative estimate of drug-likeness (QED) is 0.533. The molecular formula is C27H37N3O. The molecule has 1 aliphatic heterocycles. The Balaban J connectivity index is 0.000000720. The highest BCUT2D eigenvalue weighted by atomic mass is 16.5. The maximum absolute atomic E-state index is 8.96. The van der Waals surface area contributed by atoms with Crippen LogP contribution < -0.4 is 4.74 Å². The number of rotatable bonds is 5. The highest BCUT2D eigenvalue weighted by Crippen LogP contribution is 2.34. The Kier molecular flexibility index (Phi) is 12.0. The first-order valence-electron chi connectivity index (χ1n) is 11.2. The molecule has 0 saturated carbocycles. The van der Waals surface area contributed by atoms with E-state index >= 15 is 0 Å². The van der Waals surface area contributed by atoms with Gasteiger partial charge in [-0.05, 0) is 60.2 Å². The standard InChI is InChI=1S/C22H26N2O.C3H5N.C2H6/c1-22(11-14-23)12-15-24(16-13-22)17-18-3-5-19(6-4-18)20-7-9-21(25-2)10-8-20;1-2-3-4;1-2/h3-10H,11-13,15-17H2,1-2H3;2H2,1H3;1-2H3. The molecule has 1 saturated heterocycles. The molecule has 0 N–H and O–H groups in total. The van der Waals surface area contributed by atoms with E-state index in [1.54, 1.807) is 7.11 Å². The molecule has 0 radical (unpaired) electrons. The summed E-state index contributed by atoms with van der Waals surface area (Å²) in [7, 11) is 1.69. The Labute approximate surface area is 189 Å². The van der Waals surface area contributed by atoms with Gasteiger partial charge in [-0.2, -0.15) is 10.5 Å². The van der Waals surface area contributed by atoms with Crippen molar-refractivity contribution >= 4 is 0 Å². The maximum Gasteiger partial charge on any atom is 0.118 e. The average Bonchev–Trinajstić information content (AvgIpc) is 2.83. The van der Waals surface area contributed by atoms with E-state index in [0.717, 1.165) is 38.2 Å². The average molecular weight is 420 g/mol. The number of ether oxygens (including phenoxy) is 1. The smallest absolute Gasteiger partial charge is 0.118 e. The lowest BCUT2D eigenvalue weighted by Gasteiger charge is -2.38. The van der Waals surface area contributed by atoms with E-state index in [1.165, 1.54) is 16.7 Å². The van der Waals surface area contributed by atoms with E-state index < -0.39 is 0 Å². The molecule has 2 aromatic carbocycles. The van der Waals surface area contributed by atoms with Crippen LogP contribution in [0.15, 0.2) is 48.5 Å². The molecule has 1 aliphatic rings. The number of benzene rings is 2. The summed E-state index contributed by atoms with van der Waals surface area (Å²) >= 11 is 0. The molecule has 1 heterocycles. The van der Waals surface area contributed by atoms with E-state index in [4.69, 9.17) is 15.3 Å². The number of hydrogen-bond donors (Lipinski definition) is 0. The first kappa shape index (κ1) is 26.2. The Bertz CT molecular complexity index is 821. The predicted molar refractivity (Wildman–Crippen MR) is 129 cm³/mol. The van der Waals surface area contributed by atoms with Crippen molar-refractivity contribution in [3.63, 3.8) is 0 Å². The number of nitriles is 2. The molecule has 3 rings (SSSR count). The molecule has 0 spiro atoms. The molecule has 0 amide bonds. The number of hydrogen-bond acceptors (Lipinski definition) is 4. The van der Waals surface area contributed by atoms with Crippen molar-refractivity contribution in [2.24, 2.45) is 5.41 Å². The molecule has 0 unspecified atom stereocenters. The van der Waals surface area contributed by atoms with Crippen LogP contribution in [-0.4, -0.2) is 25.1 Å². The first-order valence-corrected chi connectivity index (χ1v) is 11.2. The van der Waals surface area contributed by atoms with Crippen LogP contribution >= 0.6 is 0 Å². The van der Waals surface area contributed by atoms with Gasteiger partial charge < -0.3 is 4.74 Å². The molecule has 0 aromatic heterocycles. The van der Waals surface area contributed by atoms with Crippen LogP contribution in [0.1, 0.15) is 58.9 Å². The van der Waals surface area contributed by atoms with Gasteiger partial charge in [-0.25, -0.2) is 0 Å². The van der Waals surface area contributed by atoms with Gasteiger partial charge in [0.2, 0.25) is 0 Å². The van der Waals surface area contributed by atoms with Crippen molar-refractivity contribution in [3.8, 4) is 29.0 Å². The zero-order valence-corrected chi connectivity index (χ0v) is 19.8. The molecule has 166 valence electrons. The largest absolute Gasteiger partial charge is 0.497 e. The fraction of sp³-hybridized carbons (Fsp3) is 0.481. The first-order chi connectivity index (χ1) is 15.0. The number of likely N-dealkylation sites (tertiary alicyclic amines) is 1. The van der Waals surface area contributed by atoms with Gasteiger partial charge in [-0.3, -0.25) is 4.90 Å². The number of methoxy groups -OCH3 is 1. The third-order valence-corrected chi connectivity index (χ3v) is 5.51. The minimum absolute atomic E-state index is 0.212. The Hall–Kier alpha value is -2.82. The minimum atomic E-state index is 0.212. The van der Waals surface area contributed by atoms with E-state index in [9.17, 15) is 0 Å². The van der Waals surface area contributed by atoms with Crippen molar-refractivity contribution in [2.75, 3.05) is 20.2 Å². The van der Waals surface area contributed by atoms with Crippen LogP contribution in [0.2, 0.25) is 0 Å². The number of nitrogens with zero attached hydrogens (tertiary/aromatic N) is 3. The second-order valence-corrected chi connectivity index (χ2v) is 7.86. The Morgan fingerprint density at radius 2 is 1.39 bits per heavy atom. The molecule has 1 fully saturated rings. The summed E-state index contributed by atoms with van der Waals surface area (Å²) in [6.07, 6.45) is 3.53. The molecule has 4 nitrogen and oxygen atoms in total. The molecule has 0 bridgehead atoms. The van der Waals surface area contributed by atoms with E-state index in [2.05, 4.69) is 54.3 Å². The van der Waals surface area contributed by atoms with Crippen LogP contribution in [0.3, 0.4) is 0 Å². The molecule has 4 heteroatoms. The van der Waals surface area contributed by atoms with Gasteiger partial charge in [0, 0.05) is 19.4 Å². The Morgan fingerprint density at radius 3 is 1.81 bits per heavy atom. The third-order valence-electron chi connectivity index (χ3n) is 5.51. The van der Waals surface area contributed by atoms with Crippen LogP contribution in [0.4, 0.5) is 0 Å². The monoisotopic (exact) mass is 419 g/mol. The summed E-state index contributed by atoms with van der Waals surface area (Å²) < 4.78 is 5.22. The van der Waals surface area contributed by atoms with Crippen molar-refractivity contribution in [1.29, 1.82) is 10.5 Å². The summed E-state index contributed by atoms with van der Waals surface area (Å²) in [6, 6.07) is 21.3. The van der Waals surface area contributed by atoms with Crippen molar-refractivity contribution in [2.45, 2.75) is 59.9 Å². The van der Waals surface area contributed by atoms with Gasteiger partial charge in [0.1, 0.15) is 5.75 Å². The second kappa shape index (κ2) is 14.2. The summed E-state index contributed by atoms with van der Waals surface area (Å²) in [5.74, 6) is 0.883. The fourth-order valence-corrected chi connectivity index (χ4v) is 3.46. The van der Waals surface area contributed by atoms with E-state index in [0.29, 0.717) is 12.8 Å². The van der Waals surface area contributed by atoms with Crippen molar-refractivity contribution in [3.05, 3.63) is 54.1 Å². The highest BCUT2D eigenvalue weighted by Gasteiger charge is 2.29. The molecular weight excluding hydrogens is 382 g/mol. The lowest BCUT2D eigenvalue weighted by molar-refractivity contribution is 0.116. The second-order valence-electron chi connectivity index (χ2n) is 7.86. The van der Waals surface area contributed by atoms with Gasteiger partial charge in [0.25, 0.3) is 0 Å². The van der Waals surface area contributed by atoms with Gasteiger partial charge in [0.05, 0.1) is 19.2 Å². The highest BCUT2D eigenvalue weighted by molar-refractivity contribution is 5.64. The minimum Gasteiger partial charge on any atom is -0.497 e. The molecule has 2 aromatic rings. The summed E-state index contributed by atoms with van der Waals surface area (Å²) in [4.78, 5) is 2.50. The number of piperidine rings is 1. The van der Waals surface area contributed by atoms with Crippen molar-refractivity contribution in [1.82, 2.24) is 4.90 Å². The zero-order chi connectivity index (χ0) is 23.1. The van der Waals surface area contributed by atoms with Gasteiger partial charge in [-0.15, -0.1) is 0 Å².